The molecule has 1 fully saturated rings. The first-order valence-electron chi connectivity index (χ1n) is 10.6. The Morgan fingerprint density at radius 1 is 1.21 bits per heavy atom. The SMILES string of the molecule is Cc1onc(C(=O)N2CCC(C)(c3noc(-c4ccccn4)n3)CC2)c1Cn1cc(Cl)cn1. The highest BCUT2D eigenvalue weighted by molar-refractivity contribution is 6.30. The second kappa shape index (κ2) is 8.43. The van der Waals surface area contributed by atoms with E-state index in [9.17, 15) is 4.79 Å². The Bertz CT molecular complexity index is 1270. The second-order valence-corrected chi connectivity index (χ2v) is 8.85. The highest BCUT2D eigenvalue weighted by atomic mass is 35.5. The zero-order valence-corrected chi connectivity index (χ0v) is 19.0. The highest BCUT2D eigenvalue weighted by Crippen LogP contribution is 2.35. The van der Waals surface area contributed by atoms with Crippen molar-refractivity contribution in [1.29, 1.82) is 0 Å². The largest absolute Gasteiger partial charge is 0.361 e. The number of hydrogen-bond acceptors (Lipinski definition) is 8. The summed E-state index contributed by atoms with van der Waals surface area (Å²) in [5.74, 6) is 1.45. The molecule has 5 heterocycles. The molecule has 0 N–H and O–H groups in total. The molecule has 1 aliphatic heterocycles. The molecule has 0 aliphatic carbocycles. The summed E-state index contributed by atoms with van der Waals surface area (Å²) >= 11 is 5.96. The minimum absolute atomic E-state index is 0.163. The summed E-state index contributed by atoms with van der Waals surface area (Å²) in [4.78, 5) is 23.9. The Morgan fingerprint density at radius 3 is 2.73 bits per heavy atom. The van der Waals surface area contributed by atoms with E-state index in [2.05, 4.69) is 32.3 Å². The van der Waals surface area contributed by atoms with Crippen molar-refractivity contribution in [3.05, 3.63) is 64.7 Å². The standard InChI is InChI=1S/C22H22ClN7O3/c1-14-16(13-30-12-15(23)11-25-30)18(27-32-14)20(31)29-9-6-22(2,7-10-29)21-26-19(33-28-21)17-5-3-4-8-24-17/h3-5,8,11-12H,6-7,9-10,13H2,1-2H3. The smallest absolute Gasteiger partial charge is 0.276 e. The van der Waals surface area contributed by atoms with E-state index in [-0.39, 0.29) is 11.3 Å². The predicted molar refractivity (Wildman–Crippen MR) is 118 cm³/mol. The Balaban J connectivity index is 1.29. The van der Waals surface area contributed by atoms with Crippen molar-refractivity contribution in [3.8, 4) is 11.6 Å². The van der Waals surface area contributed by atoms with Gasteiger partial charge in [-0.15, -0.1) is 0 Å². The van der Waals surface area contributed by atoms with Gasteiger partial charge in [-0.05, 0) is 31.9 Å². The molecular formula is C22H22ClN7O3. The van der Waals surface area contributed by atoms with E-state index in [1.54, 1.807) is 35.1 Å². The fraction of sp³-hybridized carbons (Fsp3) is 0.364. The number of hydrogen-bond donors (Lipinski definition) is 0. The van der Waals surface area contributed by atoms with Crippen molar-refractivity contribution in [2.24, 2.45) is 0 Å². The van der Waals surface area contributed by atoms with E-state index in [0.717, 1.165) is 0 Å². The molecule has 10 nitrogen and oxygen atoms in total. The van der Waals surface area contributed by atoms with E-state index >= 15 is 0 Å². The van der Waals surface area contributed by atoms with Gasteiger partial charge < -0.3 is 13.9 Å². The number of carbonyl (C=O) groups is 1. The van der Waals surface area contributed by atoms with Crippen molar-refractivity contribution >= 4 is 17.5 Å². The first-order valence-corrected chi connectivity index (χ1v) is 11.0. The summed E-state index contributed by atoms with van der Waals surface area (Å²) in [7, 11) is 0. The summed E-state index contributed by atoms with van der Waals surface area (Å²) in [6.07, 6.45) is 6.32. The fourth-order valence-corrected chi connectivity index (χ4v) is 4.13. The van der Waals surface area contributed by atoms with Crippen LogP contribution in [-0.4, -0.2) is 54.0 Å². The van der Waals surface area contributed by atoms with Gasteiger partial charge in [0, 0.05) is 36.5 Å². The average molecular weight is 468 g/mol. The van der Waals surface area contributed by atoms with E-state index < -0.39 is 0 Å². The predicted octanol–water partition coefficient (Wildman–Crippen LogP) is 3.52. The Morgan fingerprint density at radius 2 is 2.03 bits per heavy atom. The van der Waals surface area contributed by atoms with Crippen LogP contribution in [0.25, 0.3) is 11.6 Å². The summed E-state index contributed by atoms with van der Waals surface area (Å²) in [6.45, 7) is 5.32. The molecule has 0 saturated carbocycles. The van der Waals surface area contributed by atoms with Crippen LogP contribution in [0, 0.1) is 6.92 Å². The van der Waals surface area contributed by atoms with Gasteiger partial charge in [0.2, 0.25) is 0 Å². The van der Waals surface area contributed by atoms with E-state index in [1.165, 1.54) is 0 Å². The number of nitrogens with zero attached hydrogens (tertiary/aromatic N) is 7. The third kappa shape index (κ3) is 4.13. The van der Waals surface area contributed by atoms with Gasteiger partial charge in [-0.2, -0.15) is 10.1 Å². The van der Waals surface area contributed by atoms with Crippen LogP contribution in [0.4, 0.5) is 0 Å². The minimum Gasteiger partial charge on any atom is -0.361 e. The summed E-state index contributed by atoms with van der Waals surface area (Å²) in [5, 5.41) is 13.0. The third-order valence-electron chi connectivity index (χ3n) is 6.11. The van der Waals surface area contributed by atoms with Crippen LogP contribution in [-0.2, 0) is 12.0 Å². The average Bonchev–Trinajstić information content (AvgIpc) is 3.56. The van der Waals surface area contributed by atoms with Gasteiger partial charge in [0.15, 0.2) is 11.5 Å². The van der Waals surface area contributed by atoms with Crippen LogP contribution in [0.3, 0.4) is 0 Å². The van der Waals surface area contributed by atoms with Crippen LogP contribution in [0.2, 0.25) is 5.02 Å². The van der Waals surface area contributed by atoms with E-state index in [1.807, 2.05) is 18.2 Å². The number of aromatic nitrogens is 6. The molecule has 4 aromatic heterocycles. The first-order chi connectivity index (χ1) is 15.9. The van der Waals surface area contributed by atoms with E-state index in [4.69, 9.17) is 20.6 Å². The normalized spacial score (nSPS) is 15.7. The molecule has 4 aromatic rings. The monoisotopic (exact) mass is 467 g/mol. The molecule has 0 radical (unpaired) electrons. The molecular weight excluding hydrogens is 446 g/mol. The van der Waals surface area contributed by atoms with Crippen LogP contribution in [0.1, 0.15) is 47.4 Å². The number of amides is 1. The lowest BCUT2D eigenvalue weighted by atomic mass is 9.79. The van der Waals surface area contributed by atoms with Crippen molar-refractivity contribution in [3.63, 3.8) is 0 Å². The molecule has 5 rings (SSSR count). The molecule has 11 heteroatoms. The quantitative estimate of drug-likeness (QED) is 0.437. The van der Waals surface area contributed by atoms with Crippen molar-refractivity contribution in [1.82, 2.24) is 35.0 Å². The zero-order chi connectivity index (χ0) is 23.0. The molecule has 0 bridgehead atoms. The topological polar surface area (TPSA) is 116 Å². The lowest BCUT2D eigenvalue weighted by molar-refractivity contribution is 0.0658. The Kier molecular flexibility index (Phi) is 5.45. The van der Waals surface area contributed by atoms with Gasteiger partial charge in [0.25, 0.3) is 11.8 Å². The third-order valence-corrected chi connectivity index (χ3v) is 6.31. The first kappa shape index (κ1) is 21.3. The maximum Gasteiger partial charge on any atom is 0.276 e. The summed E-state index contributed by atoms with van der Waals surface area (Å²) in [6, 6.07) is 5.54. The lowest BCUT2D eigenvalue weighted by Crippen LogP contribution is -2.44. The number of carbonyl (C=O) groups excluding carboxylic acids is 1. The van der Waals surface area contributed by atoms with E-state index in [0.29, 0.717) is 71.9 Å². The van der Waals surface area contributed by atoms with Gasteiger partial charge in [0.1, 0.15) is 11.5 Å². The number of rotatable bonds is 5. The van der Waals surface area contributed by atoms with Crippen molar-refractivity contribution in [2.75, 3.05) is 13.1 Å². The number of aryl methyl sites for hydroxylation is 1. The van der Waals surface area contributed by atoms with Gasteiger partial charge in [-0.25, -0.2) is 0 Å². The zero-order valence-electron chi connectivity index (χ0n) is 18.2. The molecule has 0 unspecified atom stereocenters. The van der Waals surface area contributed by atoms with Gasteiger partial charge >= 0.3 is 0 Å². The van der Waals surface area contributed by atoms with Crippen LogP contribution >= 0.6 is 11.6 Å². The minimum atomic E-state index is -0.304. The number of pyridine rings is 1. The van der Waals surface area contributed by atoms with Crippen LogP contribution in [0.5, 0.6) is 0 Å². The van der Waals surface area contributed by atoms with Crippen molar-refractivity contribution < 1.29 is 13.8 Å². The number of piperidine rings is 1. The highest BCUT2D eigenvalue weighted by Gasteiger charge is 2.38. The summed E-state index contributed by atoms with van der Waals surface area (Å²) < 4.78 is 12.4. The maximum absolute atomic E-state index is 13.3. The number of likely N-dealkylation sites (tertiary alicyclic amines) is 1. The molecule has 33 heavy (non-hydrogen) atoms. The second-order valence-electron chi connectivity index (χ2n) is 8.41. The van der Waals surface area contributed by atoms with Crippen LogP contribution in [0.15, 0.2) is 45.8 Å². The summed E-state index contributed by atoms with van der Waals surface area (Å²) in [5.41, 5.74) is 1.34. The van der Waals surface area contributed by atoms with Gasteiger partial charge in [-0.1, -0.05) is 34.9 Å². The maximum atomic E-state index is 13.3. The van der Waals surface area contributed by atoms with Gasteiger partial charge in [-0.3, -0.25) is 14.5 Å². The molecule has 1 saturated heterocycles. The fourth-order valence-electron chi connectivity index (χ4n) is 3.97. The lowest BCUT2D eigenvalue weighted by Gasteiger charge is -2.37. The molecule has 1 aliphatic rings. The molecule has 1 amide bonds. The molecule has 170 valence electrons. The molecule has 0 aromatic carbocycles. The van der Waals surface area contributed by atoms with Crippen LogP contribution < -0.4 is 0 Å². The molecule has 0 atom stereocenters. The Hall–Kier alpha value is -3.53. The number of halogens is 1. The van der Waals surface area contributed by atoms with Crippen molar-refractivity contribution in [2.45, 2.75) is 38.6 Å². The van der Waals surface area contributed by atoms with Gasteiger partial charge in [0.05, 0.1) is 17.8 Å². The molecule has 0 spiro atoms. The Labute approximate surface area is 194 Å².